The lowest BCUT2D eigenvalue weighted by atomic mass is 10.0. The van der Waals surface area contributed by atoms with Crippen LogP contribution >= 0.6 is 0 Å². The van der Waals surface area contributed by atoms with E-state index in [4.69, 9.17) is 0 Å². The van der Waals surface area contributed by atoms with E-state index in [1.807, 2.05) is 0 Å². The molecular formula is C12H25NO2S. The minimum absolute atomic E-state index is 0.261. The van der Waals surface area contributed by atoms with E-state index in [1.54, 1.807) is 6.92 Å². The number of nitrogens with one attached hydrogen (secondary N) is 1. The Bertz CT molecular complexity index is 269. The first kappa shape index (κ1) is 14.0. The fourth-order valence-electron chi connectivity index (χ4n) is 2.31. The molecule has 1 N–H and O–H groups in total. The lowest BCUT2D eigenvalue weighted by molar-refractivity contribution is 0.473. The van der Waals surface area contributed by atoms with Crippen LogP contribution in [0.3, 0.4) is 0 Å². The predicted octanol–water partition coefficient (Wildman–Crippen LogP) is 1.98. The molecule has 1 fully saturated rings. The maximum atomic E-state index is 11.2. The minimum atomic E-state index is -2.78. The molecule has 0 spiro atoms. The summed E-state index contributed by atoms with van der Waals surface area (Å²) < 4.78 is 22.4. The van der Waals surface area contributed by atoms with Gasteiger partial charge in [0.2, 0.25) is 0 Å². The molecule has 0 aliphatic heterocycles. The molecule has 0 saturated heterocycles. The van der Waals surface area contributed by atoms with Gasteiger partial charge in [0.1, 0.15) is 0 Å². The summed E-state index contributed by atoms with van der Waals surface area (Å²) in [6.45, 7) is 3.28. The smallest absolute Gasteiger partial charge is 0.151 e. The van der Waals surface area contributed by atoms with E-state index in [9.17, 15) is 8.42 Å². The Morgan fingerprint density at radius 3 is 2.50 bits per heavy atom. The third kappa shape index (κ3) is 5.85. The molecule has 0 aromatic carbocycles. The lowest BCUT2D eigenvalue weighted by Crippen LogP contribution is -2.24. The van der Waals surface area contributed by atoms with Gasteiger partial charge in [-0.1, -0.05) is 32.6 Å². The van der Waals surface area contributed by atoms with Crippen LogP contribution in [0.1, 0.15) is 45.4 Å². The molecule has 0 aromatic rings. The summed E-state index contributed by atoms with van der Waals surface area (Å²) in [4.78, 5) is 0. The number of hydrogen-bond donors (Lipinski definition) is 1. The average Bonchev–Trinajstić information content (AvgIpc) is 2.76. The van der Waals surface area contributed by atoms with Crippen molar-refractivity contribution in [2.45, 2.75) is 45.4 Å². The molecule has 0 aromatic heterocycles. The monoisotopic (exact) mass is 247 g/mol. The van der Waals surface area contributed by atoms with Gasteiger partial charge in [-0.15, -0.1) is 0 Å². The molecule has 0 heterocycles. The van der Waals surface area contributed by atoms with Crippen LogP contribution in [0.5, 0.6) is 0 Å². The van der Waals surface area contributed by atoms with Gasteiger partial charge in [0, 0.05) is 12.3 Å². The van der Waals surface area contributed by atoms with Crippen molar-refractivity contribution in [1.82, 2.24) is 5.32 Å². The quantitative estimate of drug-likeness (QED) is 0.667. The maximum absolute atomic E-state index is 11.2. The van der Waals surface area contributed by atoms with Crippen LogP contribution in [0.2, 0.25) is 0 Å². The summed E-state index contributed by atoms with van der Waals surface area (Å²) in [6.07, 6.45) is 8.14. The summed E-state index contributed by atoms with van der Waals surface area (Å²) in [5.41, 5.74) is 0. The topological polar surface area (TPSA) is 46.2 Å². The summed E-state index contributed by atoms with van der Waals surface area (Å²) in [7, 11) is -2.78. The first-order valence-electron chi connectivity index (χ1n) is 6.55. The third-order valence-corrected chi connectivity index (χ3v) is 5.18. The van der Waals surface area contributed by atoms with Crippen molar-refractivity contribution in [3.05, 3.63) is 0 Å². The van der Waals surface area contributed by atoms with Crippen LogP contribution in [-0.4, -0.2) is 33.0 Å². The zero-order valence-electron chi connectivity index (χ0n) is 10.4. The van der Waals surface area contributed by atoms with Gasteiger partial charge in [0.05, 0.1) is 5.75 Å². The van der Waals surface area contributed by atoms with Crippen LogP contribution in [0.15, 0.2) is 0 Å². The van der Waals surface area contributed by atoms with E-state index in [0.717, 1.165) is 12.5 Å². The normalized spacial score (nSPS) is 18.1. The van der Waals surface area contributed by atoms with Gasteiger partial charge in [0.25, 0.3) is 0 Å². The van der Waals surface area contributed by atoms with Gasteiger partial charge < -0.3 is 5.32 Å². The van der Waals surface area contributed by atoms with Crippen molar-refractivity contribution in [2.75, 3.05) is 24.6 Å². The van der Waals surface area contributed by atoms with Gasteiger partial charge in [-0.05, 0) is 25.3 Å². The van der Waals surface area contributed by atoms with Crippen LogP contribution < -0.4 is 5.32 Å². The van der Waals surface area contributed by atoms with E-state index in [1.165, 1.54) is 38.5 Å². The molecule has 0 bridgehead atoms. The lowest BCUT2D eigenvalue weighted by Gasteiger charge is -2.09. The summed E-state index contributed by atoms with van der Waals surface area (Å²) in [6, 6.07) is 0. The minimum Gasteiger partial charge on any atom is -0.316 e. The van der Waals surface area contributed by atoms with Crippen LogP contribution in [-0.2, 0) is 9.84 Å². The Hall–Kier alpha value is -0.0900. The van der Waals surface area contributed by atoms with Gasteiger partial charge in [-0.2, -0.15) is 0 Å². The number of hydrogen-bond acceptors (Lipinski definition) is 3. The van der Waals surface area contributed by atoms with Crippen LogP contribution in [0, 0.1) is 5.92 Å². The van der Waals surface area contributed by atoms with Gasteiger partial charge in [0.15, 0.2) is 9.84 Å². The largest absolute Gasteiger partial charge is 0.316 e. The van der Waals surface area contributed by atoms with Gasteiger partial charge >= 0.3 is 0 Å². The summed E-state index contributed by atoms with van der Waals surface area (Å²) >= 11 is 0. The molecule has 0 atom stereocenters. The van der Waals surface area contributed by atoms with Gasteiger partial charge in [-0.3, -0.25) is 0 Å². The van der Waals surface area contributed by atoms with E-state index in [-0.39, 0.29) is 11.5 Å². The summed E-state index contributed by atoms with van der Waals surface area (Å²) in [5, 5.41) is 3.22. The molecule has 16 heavy (non-hydrogen) atoms. The second-order valence-electron chi connectivity index (χ2n) is 4.78. The third-order valence-electron chi connectivity index (χ3n) is 3.47. The highest BCUT2D eigenvalue weighted by molar-refractivity contribution is 7.91. The molecule has 1 aliphatic rings. The molecule has 0 amide bonds. The zero-order chi connectivity index (χ0) is 11.9. The van der Waals surface area contributed by atoms with Crippen molar-refractivity contribution in [3.63, 3.8) is 0 Å². The first-order valence-corrected chi connectivity index (χ1v) is 8.37. The Morgan fingerprint density at radius 2 is 1.88 bits per heavy atom. The van der Waals surface area contributed by atoms with E-state index >= 15 is 0 Å². The Balaban J connectivity index is 1.92. The van der Waals surface area contributed by atoms with E-state index < -0.39 is 9.84 Å². The highest BCUT2D eigenvalue weighted by Gasteiger charge is 2.13. The second kappa shape index (κ2) is 7.28. The van der Waals surface area contributed by atoms with Crippen LogP contribution in [0.25, 0.3) is 0 Å². The second-order valence-corrected chi connectivity index (χ2v) is 7.25. The molecule has 1 aliphatic carbocycles. The molecule has 0 radical (unpaired) electrons. The summed E-state index contributed by atoms with van der Waals surface area (Å²) in [5.74, 6) is 1.49. The SMILES string of the molecule is CCS(=O)(=O)CCNCCCC1CCCC1. The average molecular weight is 247 g/mol. The maximum Gasteiger partial charge on any atom is 0.151 e. The van der Waals surface area contributed by atoms with Crippen molar-refractivity contribution in [2.24, 2.45) is 5.92 Å². The van der Waals surface area contributed by atoms with Crippen LogP contribution in [0.4, 0.5) is 0 Å². The molecule has 3 nitrogen and oxygen atoms in total. The van der Waals surface area contributed by atoms with E-state index in [2.05, 4.69) is 5.32 Å². The Kier molecular flexibility index (Phi) is 6.36. The van der Waals surface area contributed by atoms with Crippen molar-refractivity contribution < 1.29 is 8.42 Å². The fraction of sp³-hybridized carbons (Fsp3) is 1.00. The first-order chi connectivity index (χ1) is 7.64. The highest BCUT2D eigenvalue weighted by atomic mass is 32.2. The molecule has 1 rings (SSSR count). The number of rotatable bonds is 8. The van der Waals surface area contributed by atoms with Gasteiger partial charge in [-0.25, -0.2) is 8.42 Å². The van der Waals surface area contributed by atoms with E-state index in [0.29, 0.717) is 6.54 Å². The van der Waals surface area contributed by atoms with Crippen molar-refractivity contribution >= 4 is 9.84 Å². The fourth-order valence-corrected chi connectivity index (χ4v) is 3.06. The number of sulfone groups is 1. The van der Waals surface area contributed by atoms with Crippen molar-refractivity contribution in [3.8, 4) is 0 Å². The van der Waals surface area contributed by atoms with Crippen molar-refractivity contribution in [1.29, 1.82) is 0 Å². The predicted molar refractivity (Wildman–Crippen MR) is 68.4 cm³/mol. The highest BCUT2D eigenvalue weighted by Crippen LogP contribution is 2.28. The molecule has 96 valence electrons. The Morgan fingerprint density at radius 1 is 1.19 bits per heavy atom. The molecule has 4 heteroatoms. The zero-order valence-corrected chi connectivity index (χ0v) is 11.2. The molecule has 0 unspecified atom stereocenters. The Labute approximate surface area is 99.9 Å². The standard InChI is InChI=1S/C12H25NO2S/c1-2-16(14,15)11-10-13-9-5-8-12-6-3-4-7-12/h12-13H,2-11H2,1H3. The molecule has 1 saturated carbocycles. The molecular weight excluding hydrogens is 222 g/mol.